The molecule has 7 heterocycles. The molecule has 0 saturated carbocycles. The van der Waals surface area contributed by atoms with Crippen molar-refractivity contribution in [1.82, 2.24) is 30.1 Å². The Morgan fingerprint density at radius 2 is 1.85 bits per heavy atom. The molecular weight excluding hydrogens is 428 g/mol. The molecule has 8 bridgehead atoms. The van der Waals surface area contributed by atoms with Crippen molar-refractivity contribution in [1.29, 1.82) is 0 Å². The van der Waals surface area contributed by atoms with Crippen molar-refractivity contribution in [3.63, 3.8) is 0 Å². The predicted octanol–water partition coefficient (Wildman–Crippen LogP) is 2.33. The number of piperazine rings is 1. The minimum absolute atomic E-state index is 0.177. The van der Waals surface area contributed by atoms with Crippen LogP contribution in [0.15, 0.2) is 54.9 Å². The number of amides is 1. The standard InChI is InChI=1S/C25H30N8O/c34-24-17-26-8-2-9-27-23-6-5-20(16-29-23)22-7-10-28-25(31-22)30-21-4-1-3-19(15-21)18-32-11-13-33(24)14-12-32/h1,3-7,10,15-16,26H,2,8-9,11-14,17-18H2,(H,27,29)(H,28,30,31). The zero-order valence-electron chi connectivity index (χ0n) is 19.2. The second-order valence-corrected chi connectivity index (χ2v) is 8.64. The van der Waals surface area contributed by atoms with E-state index in [2.05, 4.69) is 47.9 Å². The summed E-state index contributed by atoms with van der Waals surface area (Å²) in [5, 5.41) is 9.94. The molecule has 8 rings (SSSR count). The van der Waals surface area contributed by atoms with Gasteiger partial charge in [-0.05, 0) is 48.9 Å². The third-order valence-electron chi connectivity index (χ3n) is 6.14. The van der Waals surface area contributed by atoms with Crippen LogP contribution in [0.25, 0.3) is 11.3 Å². The lowest BCUT2D eigenvalue weighted by Gasteiger charge is -2.35. The molecule has 0 unspecified atom stereocenters. The highest BCUT2D eigenvalue weighted by Gasteiger charge is 2.20. The quantitative estimate of drug-likeness (QED) is 0.472. The first kappa shape index (κ1) is 22.2. The molecule has 1 aromatic carbocycles. The Kier molecular flexibility index (Phi) is 6.92. The molecule has 5 aliphatic heterocycles. The summed E-state index contributed by atoms with van der Waals surface area (Å²) in [4.78, 5) is 30.5. The summed E-state index contributed by atoms with van der Waals surface area (Å²) in [6.45, 7) is 6.09. The van der Waals surface area contributed by atoms with Gasteiger partial charge in [0.2, 0.25) is 11.9 Å². The number of anilines is 3. The molecule has 1 saturated heterocycles. The van der Waals surface area contributed by atoms with Gasteiger partial charge in [0.25, 0.3) is 0 Å². The van der Waals surface area contributed by atoms with Crippen molar-refractivity contribution in [2.75, 3.05) is 56.4 Å². The number of pyridine rings is 1. The second kappa shape index (κ2) is 10.6. The number of hydrogen-bond donors (Lipinski definition) is 3. The van der Waals surface area contributed by atoms with Gasteiger partial charge in [0.15, 0.2) is 0 Å². The zero-order valence-corrected chi connectivity index (χ0v) is 19.2. The summed E-state index contributed by atoms with van der Waals surface area (Å²) in [6, 6.07) is 14.2. The van der Waals surface area contributed by atoms with E-state index in [0.717, 1.165) is 75.0 Å². The molecule has 9 nitrogen and oxygen atoms in total. The number of benzene rings is 1. The van der Waals surface area contributed by atoms with Crippen LogP contribution in [-0.2, 0) is 11.3 Å². The van der Waals surface area contributed by atoms with Gasteiger partial charge in [-0.25, -0.2) is 15.0 Å². The zero-order chi connectivity index (χ0) is 23.2. The molecule has 0 atom stereocenters. The van der Waals surface area contributed by atoms with Crippen LogP contribution in [0.5, 0.6) is 0 Å². The minimum Gasteiger partial charge on any atom is -0.370 e. The van der Waals surface area contributed by atoms with Crippen LogP contribution in [0.1, 0.15) is 12.0 Å². The van der Waals surface area contributed by atoms with Gasteiger partial charge in [-0.3, -0.25) is 9.69 Å². The number of hydrogen-bond acceptors (Lipinski definition) is 8. The number of rotatable bonds is 0. The molecule has 2 aromatic heterocycles. The largest absolute Gasteiger partial charge is 0.370 e. The molecule has 0 radical (unpaired) electrons. The SMILES string of the molecule is O=C1CNCCCNc2ccc(cn2)-c2ccnc(n2)Nc2cccc(c2)CN2CCN1CC2. The topological polar surface area (TPSA) is 98.3 Å². The van der Waals surface area contributed by atoms with Gasteiger partial charge in [0.1, 0.15) is 5.82 Å². The highest BCUT2D eigenvalue weighted by Crippen LogP contribution is 2.21. The van der Waals surface area contributed by atoms with Crippen molar-refractivity contribution in [2.24, 2.45) is 0 Å². The Balaban J connectivity index is 1.36. The molecule has 9 heteroatoms. The molecule has 0 spiro atoms. The number of nitrogens with one attached hydrogen (secondary N) is 3. The lowest BCUT2D eigenvalue weighted by atomic mass is 10.1. The first-order valence-corrected chi connectivity index (χ1v) is 11.8. The van der Waals surface area contributed by atoms with E-state index < -0.39 is 0 Å². The maximum atomic E-state index is 12.5. The molecule has 0 aliphatic carbocycles. The molecule has 3 N–H and O–H groups in total. The Morgan fingerprint density at radius 1 is 0.941 bits per heavy atom. The van der Waals surface area contributed by atoms with E-state index in [4.69, 9.17) is 0 Å². The fourth-order valence-corrected chi connectivity index (χ4v) is 4.26. The van der Waals surface area contributed by atoms with Crippen LogP contribution in [0.2, 0.25) is 0 Å². The maximum absolute atomic E-state index is 12.5. The Morgan fingerprint density at radius 3 is 2.71 bits per heavy atom. The van der Waals surface area contributed by atoms with Crippen molar-refractivity contribution in [2.45, 2.75) is 13.0 Å². The summed E-state index contributed by atoms with van der Waals surface area (Å²) in [5.41, 5.74) is 3.92. The number of carbonyl (C=O) groups excluding carboxylic acids is 1. The van der Waals surface area contributed by atoms with Gasteiger partial charge in [-0.1, -0.05) is 12.1 Å². The molecule has 3 aromatic rings. The normalized spacial score (nSPS) is 17.8. The third-order valence-corrected chi connectivity index (χ3v) is 6.14. The third kappa shape index (κ3) is 5.67. The Bertz CT molecular complexity index is 1110. The maximum Gasteiger partial charge on any atom is 0.236 e. The van der Waals surface area contributed by atoms with Crippen molar-refractivity contribution in [3.8, 4) is 11.3 Å². The van der Waals surface area contributed by atoms with Gasteiger partial charge in [0, 0.05) is 62.9 Å². The van der Waals surface area contributed by atoms with Gasteiger partial charge >= 0.3 is 0 Å². The minimum atomic E-state index is 0.177. The summed E-state index contributed by atoms with van der Waals surface area (Å²) < 4.78 is 0. The summed E-state index contributed by atoms with van der Waals surface area (Å²) >= 11 is 0. The smallest absolute Gasteiger partial charge is 0.236 e. The number of carbonyl (C=O) groups is 1. The van der Waals surface area contributed by atoms with E-state index in [1.165, 1.54) is 5.56 Å². The molecular formula is C25H30N8O. The van der Waals surface area contributed by atoms with Gasteiger partial charge in [-0.2, -0.15) is 0 Å². The van der Waals surface area contributed by atoms with E-state index in [1.54, 1.807) is 6.20 Å². The van der Waals surface area contributed by atoms with Crippen LogP contribution in [0, 0.1) is 0 Å². The van der Waals surface area contributed by atoms with E-state index in [0.29, 0.717) is 12.5 Å². The highest BCUT2D eigenvalue weighted by molar-refractivity contribution is 5.78. The van der Waals surface area contributed by atoms with E-state index in [-0.39, 0.29) is 5.91 Å². The van der Waals surface area contributed by atoms with Crippen LogP contribution in [0.4, 0.5) is 17.5 Å². The monoisotopic (exact) mass is 458 g/mol. The van der Waals surface area contributed by atoms with Crippen LogP contribution in [-0.4, -0.2) is 76.5 Å². The first-order chi connectivity index (χ1) is 16.7. The second-order valence-electron chi connectivity index (χ2n) is 8.64. The summed E-state index contributed by atoms with van der Waals surface area (Å²) in [6.07, 6.45) is 4.49. The Hall–Kier alpha value is -3.56. The lowest BCUT2D eigenvalue weighted by Crippen LogP contribution is -2.50. The summed E-state index contributed by atoms with van der Waals surface area (Å²) in [7, 11) is 0. The fourth-order valence-electron chi connectivity index (χ4n) is 4.26. The number of aromatic nitrogens is 3. The molecule has 1 fully saturated rings. The number of nitrogens with zero attached hydrogens (tertiary/aromatic N) is 5. The van der Waals surface area contributed by atoms with E-state index in [1.807, 2.05) is 41.4 Å². The van der Waals surface area contributed by atoms with E-state index >= 15 is 0 Å². The van der Waals surface area contributed by atoms with Crippen LogP contribution < -0.4 is 16.0 Å². The Labute approximate surface area is 199 Å². The molecule has 1 amide bonds. The first-order valence-electron chi connectivity index (χ1n) is 11.8. The highest BCUT2D eigenvalue weighted by atomic mass is 16.2. The molecule has 34 heavy (non-hydrogen) atoms. The van der Waals surface area contributed by atoms with Crippen LogP contribution >= 0.6 is 0 Å². The van der Waals surface area contributed by atoms with E-state index in [9.17, 15) is 4.79 Å². The average molecular weight is 459 g/mol. The van der Waals surface area contributed by atoms with Crippen molar-refractivity contribution in [3.05, 3.63) is 60.4 Å². The van der Waals surface area contributed by atoms with Gasteiger partial charge in [-0.15, -0.1) is 0 Å². The van der Waals surface area contributed by atoms with Crippen molar-refractivity contribution < 1.29 is 4.79 Å². The fraction of sp³-hybridized carbons (Fsp3) is 0.360. The molecule has 5 aliphatic rings. The van der Waals surface area contributed by atoms with Gasteiger partial charge in [0.05, 0.1) is 12.2 Å². The lowest BCUT2D eigenvalue weighted by molar-refractivity contribution is -0.132. The van der Waals surface area contributed by atoms with Gasteiger partial charge < -0.3 is 20.9 Å². The predicted molar refractivity (Wildman–Crippen MR) is 133 cm³/mol. The van der Waals surface area contributed by atoms with Crippen LogP contribution in [0.3, 0.4) is 0 Å². The summed E-state index contributed by atoms with van der Waals surface area (Å²) in [5.74, 6) is 1.55. The average Bonchev–Trinajstić information content (AvgIpc) is 2.87. The van der Waals surface area contributed by atoms with Crippen molar-refractivity contribution >= 4 is 23.4 Å². The molecule has 176 valence electrons.